The largest absolute Gasteiger partial charge is 0.507 e. The minimum absolute atomic E-state index is 0.0931. The van der Waals surface area contributed by atoms with Crippen LogP contribution in [0.4, 0.5) is 0 Å². The van der Waals surface area contributed by atoms with Gasteiger partial charge in [0.25, 0.3) is 0 Å². The summed E-state index contributed by atoms with van der Waals surface area (Å²) < 4.78 is 10.5. The Morgan fingerprint density at radius 1 is 1.21 bits per heavy atom. The lowest BCUT2D eigenvalue weighted by Gasteiger charge is -2.25. The Labute approximate surface area is 139 Å². The first-order valence-electron chi connectivity index (χ1n) is 7.72. The topological polar surface area (TPSA) is 72.8 Å². The molecule has 0 unspecified atom stereocenters. The maximum absolute atomic E-state index is 12.7. The maximum atomic E-state index is 12.7. The van der Waals surface area contributed by atoms with Crippen molar-refractivity contribution < 1.29 is 24.2 Å². The minimum atomic E-state index is -0.548. The van der Waals surface area contributed by atoms with E-state index in [1.807, 2.05) is 6.92 Å². The third kappa shape index (κ3) is 2.85. The van der Waals surface area contributed by atoms with E-state index in [4.69, 9.17) is 9.47 Å². The molecule has 0 fully saturated rings. The quantitative estimate of drug-likeness (QED) is 0.693. The average Bonchev–Trinajstić information content (AvgIpc) is 2.59. The number of hydrogen-bond donors (Lipinski definition) is 1. The molecule has 0 bridgehead atoms. The number of aromatic hydroxyl groups is 1. The van der Waals surface area contributed by atoms with Gasteiger partial charge in [-0.15, -0.1) is 0 Å². The summed E-state index contributed by atoms with van der Waals surface area (Å²) in [6.07, 6.45) is 0.710. The molecule has 0 radical (unpaired) electrons. The van der Waals surface area contributed by atoms with Crippen LogP contribution in [0.1, 0.15) is 38.8 Å². The van der Waals surface area contributed by atoms with Gasteiger partial charge in [0.1, 0.15) is 17.1 Å². The van der Waals surface area contributed by atoms with E-state index in [1.165, 1.54) is 19.2 Å². The number of rotatable bonds is 3. The molecule has 0 saturated carbocycles. The highest BCUT2D eigenvalue weighted by atomic mass is 16.5. The molecule has 1 aliphatic rings. The van der Waals surface area contributed by atoms with E-state index < -0.39 is 5.97 Å². The van der Waals surface area contributed by atoms with Gasteiger partial charge in [-0.2, -0.15) is 0 Å². The second-order valence-electron chi connectivity index (χ2n) is 5.97. The van der Waals surface area contributed by atoms with Crippen LogP contribution >= 0.6 is 0 Å². The Morgan fingerprint density at radius 3 is 2.67 bits per heavy atom. The van der Waals surface area contributed by atoms with Gasteiger partial charge in [0.05, 0.1) is 19.3 Å². The highest BCUT2D eigenvalue weighted by Crippen LogP contribution is 2.34. The van der Waals surface area contributed by atoms with Gasteiger partial charge >= 0.3 is 5.97 Å². The molecular weight excluding hydrogens is 308 g/mol. The maximum Gasteiger partial charge on any atom is 0.341 e. The van der Waals surface area contributed by atoms with E-state index in [-0.39, 0.29) is 22.7 Å². The zero-order valence-corrected chi connectivity index (χ0v) is 13.5. The van der Waals surface area contributed by atoms with Gasteiger partial charge in [-0.3, -0.25) is 4.79 Å². The summed E-state index contributed by atoms with van der Waals surface area (Å²) in [4.78, 5) is 24.8. The number of methoxy groups -OCH3 is 1. The molecule has 3 rings (SSSR count). The number of para-hydroxylation sites is 1. The average molecular weight is 326 g/mol. The highest BCUT2D eigenvalue weighted by Gasteiger charge is 2.26. The number of ketones is 1. The molecule has 1 aliphatic heterocycles. The zero-order valence-electron chi connectivity index (χ0n) is 13.5. The molecule has 5 heteroatoms. The van der Waals surface area contributed by atoms with Crippen molar-refractivity contribution in [1.29, 1.82) is 0 Å². The lowest BCUT2D eigenvalue weighted by molar-refractivity contribution is 0.0593. The van der Waals surface area contributed by atoms with E-state index in [0.29, 0.717) is 30.3 Å². The SMILES string of the molecule is COC(=O)c1cc(C(=O)c2ccccc2O)cc2c1OC[C@H](C)C2. The highest BCUT2D eigenvalue weighted by molar-refractivity contribution is 6.12. The number of hydrogen-bond acceptors (Lipinski definition) is 5. The van der Waals surface area contributed by atoms with Crippen LogP contribution in [0, 0.1) is 5.92 Å². The molecule has 1 heterocycles. The Bertz CT molecular complexity index is 809. The third-order valence-electron chi connectivity index (χ3n) is 4.06. The lowest BCUT2D eigenvalue weighted by Crippen LogP contribution is -2.21. The molecule has 124 valence electrons. The monoisotopic (exact) mass is 326 g/mol. The second kappa shape index (κ2) is 6.35. The Morgan fingerprint density at radius 2 is 1.96 bits per heavy atom. The fraction of sp³-hybridized carbons (Fsp3) is 0.263. The normalized spacial score (nSPS) is 16.0. The molecule has 24 heavy (non-hydrogen) atoms. The van der Waals surface area contributed by atoms with Crippen LogP contribution < -0.4 is 4.74 Å². The van der Waals surface area contributed by atoms with Gasteiger partial charge in [-0.05, 0) is 42.2 Å². The molecule has 1 atom stereocenters. The summed E-state index contributed by atoms with van der Waals surface area (Å²) in [6.45, 7) is 2.56. The number of carbonyl (C=O) groups excluding carboxylic acids is 2. The summed E-state index contributed by atoms with van der Waals surface area (Å²) in [5.74, 6) is -0.219. The summed E-state index contributed by atoms with van der Waals surface area (Å²) in [7, 11) is 1.29. The zero-order chi connectivity index (χ0) is 17.3. The Hall–Kier alpha value is -2.82. The van der Waals surface area contributed by atoms with Crippen LogP contribution in [0.25, 0.3) is 0 Å². The summed E-state index contributed by atoms with van der Waals surface area (Å²) in [6, 6.07) is 9.53. The number of ether oxygens (including phenoxy) is 2. The number of carbonyl (C=O) groups is 2. The smallest absolute Gasteiger partial charge is 0.341 e. The van der Waals surface area contributed by atoms with Crippen LogP contribution in [0.2, 0.25) is 0 Å². The van der Waals surface area contributed by atoms with Crippen molar-refractivity contribution in [2.75, 3.05) is 13.7 Å². The first-order chi connectivity index (χ1) is 11.5. The number of phenolic OH excluding ortho intramolecular Hbond substituents is 1. The van der Waals surface area contributed by atoms with Crippen molar-refractivity contribution in [3.8, 4) is 11.5 Å². The fourth-order valence-electron chi connectivity index (χ4n) is 2.88. The summed E-state index contributed by atoms with van der Waals surface area (Å²) in [5.41, 5.74) is 1.56. The predicted molar refractivity (Wildman–Crippen MR) is 87.7 cm³/mol. The van der Waals surface area contributed by atoms with Gasteiger partial charge in [0, 0.05) is 5.56 Å². The summed E-state index contributed by atoms with van der Waals surface area (Å²) >= 11 is 0. The number of esters is 1. The molecule has 0 aromatic heterocycles. The summed E-state index contributed by atoms with van der Waals surface area (Å²) in [5, 5.41) is 9.91. The Balaban J connectivity index is 2.12. The van der Waals surface area contributed by atoms with Crippen LogP contribution in [0.15, 0.2) is 36.4 Å². The van der Waals surface area contributed by atoms with Crippen LogP contribution in [-0.4, -0.2) is 30.6 Å². The molecule has 0 aliphatic carbocycles. The predicted octanol–water partition coefficient (Wildman–Crippen LogP) is 2.98. The standard InChI is InChI=1S/C19H18O5/c1-11-7-13-8-12(17(21)14-5-3-4-6-16(14)20)9-15(19(22)23-2)18(13)24-10-11/h3-6,8-9,11,20H,7,10H2,1-2H3/t11-/m1/s1. The molecule has 0 spiro atoms. The molecular formula is C19H18O5. The molecule has 0 amide bonds. The van der Waals surface area contributed by atoms with Crippen LogP contribution in [0.5, 0.6) is 11.5 Å². The van der Waals surface area contributed by atoms with Gasteiger partial charge in [0.2, 0.25) is 0 Å². The number of fused-ring (bicyclic) bond motifs is 1. The molecule has 1 N–H and O–H groups in total. The number of phenols is 1. The van der Waals surface area contributed by atoms with Gasteiger partial charge < -0.3 is 14.6 Å². The number of benzene rings is 2. The first kappa shape index (κ1) is 16.1. The molecule has 0 saturated heterocycles. The van der Waals surface area contributed by atoms with E-state index in [2.05, 4.69) is 0 Å². The van der Waals surface area contributed by atoms with E-state index >= 15 is 0 Å². The van der Waals surface area contributed by atoms with E-state index in [1.54, 1.807) is 24.3 Å². The molecule has 5 nitrogen and oxygen atoms in total. The van der Waals surface area contributed by atoms with Crippen molar-refractivity contribution in [1.82, 2.24) is 0 Å². The van der Waals surface area contributed by atoms with Crippen molar-refractivity contribution >= 4 is 11.8 Å². The van der Waals surface area contributed by atoms with Crippen molar-refractivity contribution in [2.45, 2.75) is 13.3 Å². The van der Waals surface area contributed by atoms with E-state index in [9.17, 15) is 14.7 Å². The van der Waals surface area contributed by atoms with Crippen molar-refractivity contribution in [3.05, 3.63) is 58.7 Å². The van der Waals surface area contributed by atoms with Crippen molar-refractivity contribution in [3.63, 3.8) is 0 Å². The second-order valence-corrected chi connectivity index (χ2v) is 5.97. The van der Waals surface area contributed by atoms with Gasteiger partial charge in [-0.1, -0.05) is 19.1 Å². The van der Waals surface area contributed by atoms with Crippen LogP contribution in [0.3, 0.4) is 0 Å². The van der Waals surface area contributed by atoms with Gasteiger partial charge in [-0.25, -0.2) is 4.79 Å². The third-order valence-corrected chi connectivity index (χ3v) is 4.06. The van der Waals surface area contributed by atoms with Crippen LogP contribution in [-0.2, 0) is 11.2 Å². The minimum Gasteiger partial charge on any atom is -0.507 e. The fourth-order valence-corrected chi connectivity index (χ4v) is 2.88. The molecule has 2 aromatic rings. The van der Waals surface area contributed by atoms with Gasteiger partial charge in [0.15, 0.2) is 5.78 Å². The van der Waals surface area contributed by atoms with Crippen molar-refractivity contribution in [2.24, 2.45) is 5.92 Å². The lowest BCUT2D eigenvalue weighted by atomic mass is 9.91. The van der Waals surface area contributed by atoms with E-state index in [0.717, 1.165) is 5.56 Å². The first-order valence-corrected chi connectivity index (χ1v) is 7.72. The molecule has 2 aromatic carbocycles. The Kier molecular flexibility index (Phi) is 4.25.